The van der Waals surface area contributed by atoms with E-state index in [1.54, 1.807) is 16.7 Å². The smallest absolute Gasteiger partial charge is 0.334 e. The largest absolute Gasteiger partial charge is 0.479 e. The second kappa shape index (κ2) is 6.60. The number of amides is 1. The number of aliphatic carboxylic acids is 1. The highest BCUT2D eigenvalue weighted by atomic mass is 32.1. The van der Waals surface area contributed by atoms with E-state index in [0.717, 1.165) is 10.6 Å². The van der Waals surface area contributed by atoms with Crippen LogP contribution in [0.5, 0.6) is 0 Å². The standard InChI is InChI=1S/C12H12N2O4S2/c15-9(12(17)18)4-13-10(16)3-8-6-20-11(14-8)7-1-2-19-5-7/h1-2,5-6,9,15H,3-4H2,(H,13,16)(H,17,18). The number of rotatable bonds is 6. The highest BCUT2D eigenvalue weighted by Crippen LogP contribution is 2.25. The van der Waals surface area contributed by atoms with E-state index in [4.69, 9.17) is 10.2 Å². The summed E-state index contributed by atoms with van der Waals surface area (Å²) in [7, 11) is 0. The van der Waals surface area contributed by atoms with Gasteiger partial charge in [0.15, 0.2) is 6.10 Å². The summed E-state index contributed by atoms with van der Waals surface area (Å²) in [4.78, 5) is 26.3. The van der Waals surface area contributed by atoms with Gasteiger partial charge in [0.05, 0.1) is 18.7 Å². The summed E-state index contributed by atoms with van der Waals surface area (Å²) >= 11 is 3.03. The van der Waals surface area contributed by atoms with Crippen LogP contribution in [0.4, 0.5) is 0 Å². The van der Waals surface area contributed by atoms with Crippen LogP contribution in [0.3, 0.4) is 0 Å². The predicted molar refractivity (Wildman–Crippen MR) is 75.8 cm³/mol. The molecule has 0 bridgehead atoms. The second-order valence-corrected chi connectivity index (χ2v) is 5.63. The zero-order chi connectivity index (χ0) is 14.5. The lowest BCUT2D eigenvalue weighted by Crippen LogP contribution is -2.37. The fourth-order valence-corrected chi connectivity index (χ4v) is 2.96. The van der Waals surface area contributed by atoms with Crippen LogP contribution in [0.2, 0.25) is 0 Å². The van der Waals surface area contributed by atoms with E-state index in [0.29, 0.717) is 5.69 Å². The Morgan fingerprint density at radius 2 is 2.20 bits per heavy atom. The molecule has 0 aromatic carbocycles. The zero-order valence-electron chi connectivity index (χ0n) is 10.3. The average molecular weight is 312 g/mol. The molecule has 0 spiro atoms. The number of thiophene rings is 1. The molecule has 3 N–H and O–H groups in total. The summed E-state index contributed by atoms with van der Waals surface area (Å²) in [6.07, 6.45) is -1.52. The molecule has 1 atom stereocenters. The van der Waals surface area contributed by atoms with Crippen molar-refractivity contribution in [3.8, 4) is 10.6 Å². The van der Waals surface area contributed by atoms with Crippen molar-refractivity contribution >= 4 is 34.6 Å². The molecule has 106 valence electrons. The maximum absolute atomic E-state index is 11.6. The Morgan fingerprint density at radius 3 is 2.85 bits per heavy atom. The molecule has 6 nitrogen and oxygen atoms in total. The Hall–Kier alpha value is -1.77. The third-order valence-electron chi connectivity index (χ3n) is 2.44. The fourth-order valence-electron chi connectivity index (χ4n) is 1.43. The van der Waals surface area contributed by atoms with E-state index < -0.39 is 12.1 Å². The Balaban J connectivity index is 1.87. The minimum absolute atomic E-state index is 0.0625. The fraction of sp³-hybridized carbons (Fsp3) is 0.250. The number of thiazole rings is 1. The quantitative estimate of drug-likeness (QED) is 0.738. The minimum Gasteiger partial charge on any atom is -0.479 e. The van der Waals surface area contributed by atoms with E-state index >= 15 is 0 Å². The van der Waals surface area contributed by atoms with Crippen LogP contribution in [-0.4, -0.2) is 39.7 Å². The van der Waals surface area contributed by atoms with Crippen molar-refractivity contribution in [2.24, 2.45) is 0 Å². The van der Waals surface area contributed by atoms with Crippen molar-refractivity contribution in [1.82, 2.24) is 10.3 Å². The van der Waals surface area contributed by atoms with Crippen LogP contribution in [0, 0.1) is 0 Å². The van der Waals surface area contributed by atoms with Crippen LogP contribution in [0.1, 0.15) is 5.69 Å². The summed E-state index contributed by atoms with van der Waals surface area (Å²) in [5, 5.41) is 26.5. The average Bonchev–Trinajstić information content (AvgIpc) is 3.05. The lowest BCUT2D eigenvalue weighted by molar-refractivity contribution is -0.146. The van der Waals surface area contributed by atoms with Gasteiger partial charge in [-0.1, -0.05) is 0 Å². The van der Waals surface area contributed by atoms with Gasteiger partial charge in [0.1, 0.15) is 5.01 Å². The number of aliphatic hydroxyl groups is 1. The molecule has 0 aliphatic rings. The van der Waals surface area contributed by atoms with Gasteiger partial charge in [0.2, 0.25) is 5.91 Å². The first kappa shape index (κ1) is 14.6. The monoisotopic (exact) mass is 312 g/mol. The number of carbonyl (C=O) groups is 2. The Morgan fingerprint density at radius 1 is 1.40 bits per heavy atom. The number of aliphatic hydroxyl groups excluding tert-OH is 1. The minimum atomic E-state index is -1.59. The number of hydrogen-bond acceptors (Lipinski definition) is 6. The molecule has 8 heteroatoms. The molecule has 0 saturated carbocycles. The summed E-state index contributed by atoms with van der Waals surface area (Å²) < 4.78 is 0. The maximum atomic E-state index is 11.6. The van der Waals surface area contributed by atoms with Crippen LogP contribution in [0.15, 0.2) is 22.2 Å². The molecule has 2 rings (SSSR count). The van der Waals surface area contributed by atoms with Crippen molar-refractivity contribution in [2.45, 2.75) is 12.5 Å². The summed E-state index contributed by atoms with van der Waals surface area (Å²) in [5.74, 6) is -1.73. The molecular weight excluding hydrogens is 300 g/mol. The van der Waals surface area contributed by atoms with Crippen LogP contribution in [-0.2, 0) is 16.0 Å². The normalized spacial score (nSPS) is 12.1. The van der Waals surface area contributed by atoms with E-state index in [-0.39, 0.29) is 18.9 Å². The molecule has 0 radical (unpaired) electrons. The van der Waals surface area contributed by atoms with Crippen LogP contribution in [0.25, 0.3) is 10.6 Å². The van der Waals surface area contributed by atoms with E-state index in [1.165, 1.54) is 11.3 Å². The van der Waals surface area contributed by atoms with Gasteiger partial charge in [0.25, 0.3) is 0 Å². The third-order valence-corrected chi connectivity index (χ3v) is 4.06. The van der Waals surface area contributed by atoms with Gasteiger partial charge in [-0.05, 0) is 11.4 Å². The molecule has 0 aliphatic heterocycles. The number of carbonyl (C=O) groups excluding carboxylic acids is 1. The molecule has 2 aromatic heterocycles. The van der Waals surface area contributed by atoms with Gasteiger partial charge in [-0.15, -0.1) is 11.3 Å². The van der Waals surface area contributed by atoms with Gasteiger partial charge in [0, 0.05) is 16.3 Å². The Kier molecular flexibility index (Phi) is 4.83. The first-order valence-electron chi connectivity index (χ1n) is 5.71. The van der Waals surface area contributed by atoms with Crippen molar-refractivity contribution in [1.29, 1.82) is 0 Å². The summed E-state index contributed by atoms with van der Waals surface area (Å²) in [5.41, 5.74) is 1.64. The van der Waals surface area contributed by atoms with Gasteiger partial charge in [-0.3, -0.25) is 4.79 Å². The highest BCUT2D eigenvalue weighted by molar-refractivity contribution is 7.14. The molecule has 0 fully saturated rings. The maximum Gasteiger partial charge on any atom is 0.334 e. The molecule has 0 saturated heterocycles. The summed E-state index contributed by atoms with van der Waals surface area (Å²) in [6.45, 7) is -0.310. The number of aromatic nitrogens is 1. The highest BCUT2D eigenvalue weighted by Gasteiger charge is 2.15. The first-order valence-corrected chi connectivity index (χ1v) is 7.53. The lowest BCUT2D eigenvalue weighted by Gasteiger charge is -2.06. The SMILES string of the molecule is O=C(Cc1csc(-c2ccsc2)n1)NCC(O)C(=O)O. The summed E-state index contributed by atoms with van der Waals surface area (Å²) in [6, 6.07) is 1.95. The van der Waals surface area contributed by atoms with E-state index in [2.05, 4.69) is 10.3 Å². The number of carboxylic acids is 1. The first-order chi connectivity index (χ1) is 9.56. The van der Waals surface area contributed by atoms with Crippen molar-refractivity contribution in [2.75, 3.05) is 6.54 Å². The topological polar surface area (TPSA) is 99.5 Å². The van der Waals surface area contributed by atoms with Crippen LogP contribution >= 0.6 is 22.7 Å². The Bertz CT molecular complexity index is 594. The van der Waals surface area contributed by atoms with Crippen LogP contribution < -0.4 is 5.32 Å². The second-order valence-electron chi connectivity index (χ2n) is 3.99. The molecule has 20 heavy (non-hydrogen) atoms. The Labute approximate surface area is 122 Å². The molecule has 1 amide bonds. The number of nitrogens with one attached hydrogen (secondary N) is 1. The predicted octanol–water partition coefficient (Wildman–Crippen LogP) is 0.976. The molecule has 2 aromatic rings. The molecule has 0 aliphatic carbocycles. The molecule has 1 unspecified atom stereocenters. The van der Waals surface area contributed by atoms with Crippen molar-refractivity contribution in [3.05, 3.63) is 27.9 Å². The number of hydrogen-bond donors (Lipinski definition) is 3. The van der Waals surface area contributed by atoms with E-state index in [1.807, 2.05) is 16.8 Å². The zero-order valence-corrected chi connectivity index (χ0v) is 11.9. The number of nitrogens with zero attached hydrogens (tertiary/aromatic N) is 1. The van der Waals surface area contributed by atoms with E-state index in [9.17, 15) is 9.59 Å². The van der Waals surface area contributed by atoms with Gasteiger partial charge in [-0.25, -0.2) is 9.78 Å². The molecular formula is C12H12N2O4S2. The lowest BCUT2D eigenvalue weighted by atomic mass is 10.3. The number of carboxylic acid groups (broad SMARTS) is 1. The molecule has 2 heterocycles. The van der Waals surface area contributed by atoms with Gasteiger partial charge < -0.3 is 15.5 Å². The van der Waals surface area contributed by atoms with Crippen molar-refractivity contribution in [3.63, 3.8) is 0 Å². The third kappa shape index (κ3) is 3.86. The van der Waals surface area contributed by atoms with Gasteiger partial charge >= 0.3 is 5.97 Å². The van der Waals surface area contributed by atoms with Crippen molar-refractivity contribution < 1.29 is 19.8 Å². The van der Waals surface area contributed by atoms with Gasteiger partial charge in [-0.2, -0.15) is 11.3 Å².